The van der Waals surface area contributed by atoms with Crippen LogP contribution < -0.4 is 5.32 Å². The Labute approximate surface area is 118 Å². The van der Waals surface area contributed by atoms with Crippen molar-refractivity contribution in [2.75, 3.05) is 0 Å². The normalized spacial score (nSPS) is 13.2. The molecule has 2 rings (SSSR count). The van der Waals surface area contributed by atoms with Crippen molar-refractivity contribution in [3.8, 4) is 0 Å². The summed E-state index contributed by atoms with van der Waals surface area (Å²) in [7, 11) is 0. The number of benzene rings is 1. The predicted octanol–water partition coefficient (Wildman–Crippen LogP) is 4.61. The van der Waals surface area contributed by atoms with Gasteiger partial charge in [0.25, 0.3) is 0 Å². The molecular formula is C16H26ClN. The van der Waals surface area contributed by atoms with Crippen molar-refractivity contribution in [3.63, 3.8) is 0 Å². The van der Waals surface area contributed by atoms with Crippen LogP contribution in [0.25, 0.3) is 0 Å². The maximum Gasteiger partial charge on any atom is 0.0212 e. The van der Waals surface area contributed by atoms with E-state index >= 15 is 0 Å². The smallest absolute Gasteiger partial charge is 0.0212 e. The fourth-order valence-electron chi connectivity index (χ4n) is 2.61. The molecule has 0 fully saturated rings. The average Bonchev–Trinajstić information content (AvgIpc) is 2.81. The van der Waals surface area contributed by atoms with Gasteiger partial charge in [0, 0.05) is 13.1 Å². The molecule has 0 saturated carbocycles. The summed E-state index contributed by atoms with van der Waals surface area (Å²) in [6, 6.07) is 7.03. The Morgan fingerprint density at radius 1 is 0.944 bits per heavy atom. The number of fused-ring (bicyclic) bond motifs is 1. The molecular weight excluding hydrogens is 242 g/mol. The van der Waals surface area contributed by atoms with E-state index in [0.29, 0.717) is 0 Å². The van der Waals surface area contributed by atoms with Gasteiger partial charge in [-0.2, -0.15) is 0 Å². The van der Waals surface area contributed by atoms with Crippen LogP contribution in [0.2, 0.25) is 0 Å². The van der Waals surface area contributed by atoms with Crippen LogP contribution in [0.15, 0.2) is 18.2 Å². The summed E-state index contributed by atoms with van der Waals surface area (Å²) in [6.07, 6.45) is 9.61. The highest BCUT2D eigenvalue weighted by molar-refractivity contribution is 5.85. The average molecular weight is 268 g/mol. The van der Waals surface area contributed by atoms with Crippen molar-refractivity contribution in [2.45, 2.75) is 65.0 Å². The van der Waals surface area contributed by atoms with Gasteiger partial charge in [-0.25, -0.2) is 0 Å². The summed E-state index contributed by atoms with van der Waals surface area (Å²) in [5, 5.41) is 3.41. The zero-order chi connectivity index (χ0) is 11.9. The first-order valence-electron chi connectivity index (χ1n) is 7.21. The minimum atomic E-state index is 0. The number of aryl methyl sites for hydroxylation is 1. The van der Waals surface area contributed by atoms with E-state index < -0.39 is 0 Å². The van der Waals surface area contributed by atoms with E-state index in [-0.39, 0.29) is 12.4 Å². The SMILES string of the molecule is CCCCCCCCc1ccc2c(c1)CNC2.Cl. The zero-order valence-electron chi connectivity index (χ0n) is 11.5. The van der Waals surface area contributed by atoms with Gasteiger partial charge in [-0.1, -0.05) is 57.2 Å². The predicted molar refractivity (Wildman–Crippen MR) is 81.3 cm³/mol. The minimum absolute atomic E-state index is 0. The summed E-state index contributed by atoms with van der Waals surface area (Å²) in [5.41, 5.74) is 4.55. The third-order valence-corrected chi connectivity index (χ3v) is 3.72. The zero-order valence-corrected chi connectivity index (χ0v) is 12.3. The quantitative estimate of drug-likeness (QED) is 0.711. The van der Waals surface area contributed by atoms with Gasteiger partial charge in [-0.3, -0.25) is 0 Å². The standard InChI is InChI=1S/C16H25N.ClH/c1-2-3-4-5-6-7-8-14-9-10-15-12-17-13-16(15)11-14;/h9-11,17H,2-8,12-13H2,1H3;1H. The highest BCUT2D eigenvalue weighted by Crippen LogP contribution is 2.18. The van der Waals surface area contributed by atoms with Crippen LogP contribution in [0.4, 0.5) is 0 Å². The largest absolute Gasteiger partial charge is 0.309 e. The Morgan fingerprint density at radius 3 is 2.50 bits per heavy atom. The van der Waals surface area contributed by atoms with Crippen molar-refractivity contribution >= 4 is 12.4 Å². The molecule has 0 radical (unpaired) electrons. The van der Waals surface area contributed by atoms with Crippen LogP contribution in [0.5, 0.6) is 0 Å². The van der Waals surface area contributed by atoms with E-state index in [0.717, 1.165) is 13.1 Å². The lowest BCUT2D eigenvalue weighted by Gasteiger charge is -2.04. The number of hydrogen-bond acceptors (Lipinski definition) is 1. The van der Waals surface area contributed by atoms with E-state index in [1.54, 1.807) is 0 Å². The first kappa shape index (κ1) is 15.5. The van der Waals surface area contributed by atoms with Crippen LogP contribution in [0, 0.1) is 0 Å². The maximum absolute atomic E-state index is 3.41. The number of halogens is 1. The molecule has 2 heteroatoms. The Bertz CT molecular complexity index is 349. The molecule has 1 aliphatic heterocycles. The molecule has 0 amide bonds. The molecule has 0 spiro atoms. The van der Waals surface area contributed by atoms with Gasteiger partial charge in [0.2, 0.25) is 0 Å². The van der Waals surface area contributed by atoms with Crippen molar-refractivity contribution in [1.29, 1.82) is 0 Å². The summed E-state index contributed by atoms with van der Waals surface area (Å²) in [6.45, 7) is 4.41. The van der Waals surface area contributed by atoms with Gasteiger partial charge in [-0.15, -0.1) is 12.4 Å². The van der Waals surface area contributed by atoms with Gasteiger partial charge in [-0.05, 0) is 29.5 Å². The van der Waals surface area contributed by atoms with Gasteiger partial charge in [0.05, 0.1) is 0 Å². The number of nitrogens with one attached hydrogen (secondary N) is 1. The molecule has 0 aromatic heterocycles. The lowest BCUT2D eigenvalue weighted by atomic mass is 10.0. The molecule has 0 unspecified atom stereocenters. The molecule has 0 aliphatic carbocycles. The molecule has 1 N–H and O–H groups in total. The van der Waals surface area contributed by atoms with Gasteiger partial charge in [0.15, 0.2) is 0 Å². The van der Waals surface area contributed by atoms with Gasteiger partial charge in [0.1, 0.15) is 0 Å². The van der Waals surface area contributed by atoms with E-state index in [1.807, 2.05) is 0 Å². The summed E-state index contributed by atoms with van der Waals surface area (Å²) in [4.78, 5) is 0. The van der Waals surface area contributed by atoms with Crippen LogP contribution >= 0.6 is 12.4 Å². The molecule has 0 atom stereocenters. The molecule has 102 valence electrons. The molecule has 1 aliphatic rings. The number of rotatable bonds is 7. The molecule has 1 aromatic carbocycles. The van der Waals surface area contributed by atoms with Crippen molar-refractivity contribution < 1.29 is 0 Å². The van der Waals surface area contributed by atoms with Gasteiger partial charge < -0.3 is 5.32 Å². The van der Waals surface area contributed by atoms with Crippen LogP contribution in [0.3, 0.4) is 0 Å². The van der Waals surface area contributed by atoms with Crippen LogP contribution in [-0.4, -0.2) is 0 Å². The second kappa shape index (κ2) is 8.55. The van der Waals surface area contributed by atoms with E-state index in [9.17, 15) is 0 Å². The molecule has 18 heavy (non-hydrogen) atoms. The molecule has 0 saturated heterocycles. The Hall–Kier alpha value is -0.530. The van der Waals surface area contributed by atoms with Gasteiger partial charge >= 0.3 is 0 Å². The minimum Gasteiger partial charge on any atom is -0.309 e. The third kappa shape index (κ3) is 4.62. The Morgan fingerprint density at radius 2 is 1.67 bits per heavy atom. The highest BCUT2D eigenvalue weighted by atomic mass is 35.5. The molecule has 1 aromatic rings. The molecule has 1 nitrogen and oxygen atoms in total. The maximum atomic E-state index is 3.41. The Kier molecular flexibility index (Phi) is 7.38. The van der Waals surface area contributed by atoms with Crippen molar-refractivity contribution in [3.05, 3.63) is 34.9 Å². The van der Waals surface area contributed by atoms with E-state index in [2.05, 4.69) is 30.4 Å². The number of unbranched alkanes of at least 4 members (excludes halogenated alkanes) is 5. The van der Waals surface area contributed by atoms with Crippen LogP contribution in [-0.2, 0) is 19.5 Å². The van der Waals surface area contributed by atoms with Crippen molar-refractivity contribution in [2.24, 2.45) is 0 Å². The lowest BCUT2D eigenvalue weighted by Crippen LogP contribution is -1.99. The third-order valence-electron chi connectivity index (χ3n) is 3.72. The Balaban J connectivity index is 0.00000162. The number of hydrogen-bond donors (Lipinski definition) is 1. The first-order chi connectivity index (χ1) is 8.40. The van der Waals surface area contributed by atoms with E-state index in [4.69, 9.17) is 0 Å². The summed E-state index contributed by atoms with van der Waals surface area (Å²) < 4.78 is 0. The second-order valence-corrected chi connectivity index (χ2v) is 5.22. The fourth-order valence-corrected chi connectivity index (χ4v) is 2.61. The first-order valence-corrected chi connectivity index (χ1v) is 7.21. The highest BCUT2D eigenvalue weighted by Gasteiger charge is 2.09. The lowest BCUT2D eigenvalue weighted by molar-refractivity contribution is 0.607. The topological polar surface area (TPSA) is 12.0 Å². The molecule has 0 bridgehead atoms. The van der Waals surface area contributed by atoms with E-state index in [1.165, 1.54) is 61.6 Å². The van der Waals surface area contributed by atoms with Crippen LogP contribution in [0.1, 0.15) is 62.1 Å². The van der Waals surface area contributed by atoms with Crippen molar-refractivity contribution in [1.82, 2.24) is 5.32 Å². The summed E-state index contributed by atoms with van der Waals surface area (Å²) >= 11 is 0. The fraction of sp³-hybridized carbons (Fsp3) is 0.625. The second-order valence-electron chi connectivity index (χ2n) is 5.22. The monoisotopic (exact) mass is 267 g/mol. The summed E-state index contributed by atoms with van der Waals surface area (Å²) in [5.74, 6) is 0. The molecule has 1 heterocycles.